The van der Waals surface area contributed by atoms with E-state index in [1.54, 1.807) is 0 Å². The number of aryl methyl sites for hydroxylation is 3. The average Bonchev–Trinajstić information content (AvgIpc) is 3.02. The molecule has 0 radical (unpaired) electrons. The van der Waals surface area contributed by atoms with Crippen LogP contribution in [0.3, 0.4) is 0 Å². The van der Waals surface area contributed by atoms with Gasteiger partial charge in [0.15, 0.2) is 0 Å². The first-order chi connectivity index (χ1) is 11.2. The van der Waals surface area contributed by atoms with E-state index in [1.165, 1.54) is 35.4 Å². The van der Waals surface area contributed by atoms with Crippen molar-refractivity contribution in [1.29, 1.82) is 0 Å². The maximum absolute atomic E-state index is 6.11. The molecule has 3 aromatic rings. The van der Waals surface area contributed by atoms with E-state index < -0.39 is 0 Å². The second kappa shape index (κ2) is 5.86. The molecule has 0 unspecified atom stereocenters. The average molecular weight is 323 g/mol. The summed E-state index contributed by atoms with van der Waals surface area (Å²) in [6.45, 7) is 3.14. The standard InChI is InChI=1S/C20H19ClN2/c1-14-12-17(9-10-18(14)21)15-5-7-16(8-6-15)19-13-23-11-3-2-4-20(23)22-19/h5-10,12-13H,2-4,11H2,1H3. The molecule has 23 heavy (non-hydrogen) atoms. The van der Waals surface area contributed by atoms with Crippen LogP contribution in [0.15, 0.2) is 48.7 Å². The minimum atomic E-state index is 0.814. The molecule has 2 nitrogen and oxygen atoms in total. The van der Waals surface area contributed by atoms with Crippen LogP contribution in [0.2, 0.25) is 5.02 Å². The van der Waals surface area contributed by atoms with Crippen LogP contribution in [-0.4, -0.2) is 9.55 Å². The van der Waals surface area contributed by atoms with E-state index in [0.29, 0.717) is 0 Å². The molecule has 0 aliphatic carbocycles. The molecule has 2 aromatic carbocycles. The quantitative estimate of drug-likeness (QED) is 0.608. The van der Waals surface area contributed by atoms with Crippen molar-refractivity contribution in [1.82, 2.24) is 9.55 Å². The minimum absolute atomic E-state index is 0.814. The Balaban J connectivity index is 1.65. The van der Waals surface area contributed by atoms with E-state index in [2.05, 4.69) is 47.2 Å². The summed E-state index contributed by atoms with van der Waals surface area (Å²) < 4.78 is 2.30. The van der Waals surface area contributed by atoms with Crippen molar-refractivity contribution in [2.45, 2.75) is 32.7 Å². The zero-order valence-electron chi connectivity index (χ0n) is 13.2. The lowest BCUT2D eigenvalue weighted by Gasteiger charge is -2.11. The maximum Gasteiger partial charge on any atom is 0.109 e. The predicted molar refractivity (Wildman–Crippen MR) is 95.8 cm³/mol. The van der Waals surface area contributed by atoms with Gasteiger partial charge in [-0.1, -0.05) is 41.9 Å². The smallest absolute Gasteiger partial charge is 0.109 e. The predicted octanol–water partition coefficient (Wildman–Crippen LogP) is 5.52. The highest BCUT2D eigenvalue weighted by Crippen LogP contribution is 2.28. The highest BCUT2D eigenvalue weighted by Gasteiger charge is 2.13. The molecule has 1 aliphatic rings. The molecule has 3 heteroatoms. The number of imidazole rings is 1. The van der Waals surface area contributed by atoms with Crippen LogP contribution >= 0.6 is 11.6 Å². The van der Waals surface area contributed by atoms with Gasteiger partial charge in [0.05, 0.1) is 5.69 Å². The van der Waals surface area contributed by atoms with Gasteiger partial charge in [0.25, 0.3) is 0 Å². The van der Waals surface area contributed by atoms with Crippen molar-refractivity contribution in [3.63, 3.8) is 0 Å². The number of hydrogen-bond donors (Lipinski definition) is 0. The number of rotatable bonds is 2. The molecule has 116 valence electrons. The van der Waals surface area contributed by atoms with Crippen LogP contribution in [0, 0.1) is 6.92 Å². The van der Waals surface area contributed by atoms with Crippen LogP contribution in [0.1, 0.15) is 24.2 Å². The van der Waals surface area contributed by atoms with Gasteiger partial charge in [0, 0.05) is 29.7 Å². The number of benzene rings is 2. The summed E-state index contributed by atoms with van der Waals surface area (Å²) in [5, 5.41) is 0.814. The Morgan fingerprint density at radius 1 is 0.957 bits per heavy atom. The van der Waals surface area contributed by atoms with E-state index >= 15 is 0 Å². The first-order valence-corrected chi connectivity index (χ1v) is 8.51. The largest absolute Gasteiger partial charge is 0.334 e. The molecule has 0 spiro atoms. The number of hydrogen-bond acceptors (Lipinski definition) is 1. The third-order valence-corrected chi connectivity index (χ3v) is 5.00. The molecule has 0 amide bonds. The Bertz CT molecular complexity index is 823. The second-order valence-corrected chi connectivity index (χ2v) is 6.64. The normalized spacial score (nSPS) is 13.8. The number of aromatic nitrogens is 2. The van der Waals surface area contributed by atoms with E-state index in [0.717, 1.165) is 29.2 Å². The molecule has 1 aliphatic heterocycles. The highest BCUT2D eigenvalue weighted by atomic mass is 35.5. The summed E-state index contributed by atoms with van der Waals surface area (Å²) in [6.07, 6.45) is 5.81. The third-order valence-electron chi connectivity index (χ3n) is 4.58. The minimum Gasteiger partial charge on any atom is -0.334 e. The Hall–Kier alpha value is -2.06. The van der Waals surface area contributed by atoms with Crippen LogP contribution in [0.25, 0.3) is 22.4 Å². The Morgan fingerprint density at radius 3 is 2.43 bits per heavy atom. The molecule has 0 N–H and O–H groups in total. The molecule has 2 heterocycles. The lowest BCUT2D eigenvalue weighted by molar-refractivity contribution is 0.522. The Morgan fingerprint density at radius 2 is 1.70 bits per heavy atom. The van der Waals surface area contributed by atoms with E-state index in [4.69, 9.17) is 16.6 Å². The zero-order valence-corrected chi connectivity index (χ0v) is 14.0. The third kappa shape index (κ3) is 2.79. The first-order valence-electron chi connectivity index (χ1n) is 8.14. The maximum atomic E-state index is 6.11. The molecule has 0 saturated carbocycles. The summed E-state index contributed by atoms with van der Waals surface area (Å²) in [5.41, 5.74) is 5.78. The van der Waals surface area contributed by atoms with Gasteiger partial charge in [-0.2, -0.15) is 0 Å². The summed E-state index contributed by atoms with van der Waals surface area (Å²) in [7, 11) is 0. The molecule has 0 saturated heterocycles. The van der Waals surface area contributed by atoms with Gasteiger partial charge in [0.2, 0.25) is 0 Å². The number of halogens is 1. The van der Waals surface area contributed by atoms with Crippen LogP contribution < -0.4 is 0 Å². The molecule has 0 bridgehead atoms. The fourth-order valence-corrected chi connectivity index (χ4v) is 3.33. The van der Waals surface area contributed by atoms with Gasteiger partial charge in [-0.05, 0) is 48.6 Å². The zero-order chi connectivity index (χ0) is 15.8. The van der Waals surface area contributed by atoms with Crippen molar-refractivity contribution in [3.8, 4) is 22.4 Å². The highest BCUT2D eigenvalue weighted by molar-refractivity contribution is 6.31. The topological polar surface area (TPSA) is 17.8 Å². The molecule has 4 rings (SSSR count). The van der Waals surface area contributed by atoms with Gasteiger partial charge in [-0.15, -0.1) is 0 Å². The van der Waals surface area contributed by atoms with Gasteiger partial charge in [-0.25, -0.2) is 4.98 Å². The van der Waals surface area contributed by atoms with Crippen LogP contribution in [-0.2, 0) is 13.0 Å². The van der Waals surface area contributed by atoms with Crippen molar-refractivity contribution < 1.29 is 0 Å². The lowest BCUT2D eigenvalue weighted by atomic mass is 10.0. The number of fused-ring (bicyclic) bond motifs is 1. The monoisotopic (exact) mass is 322 g/mol. The van der Waals surface area contributed by atoms with Gasteiger partial charge in [-0.3, -0.25) is 0 Å². The van der Waals surface area contributed by atoms with E-state index in [-0.39, 0.29) is 0 Å². The van der Waals surface area contributed by atoms with Crippen molar-refractivity contribution in [2.75, 3.05) is 0 Å². The van der Waals surface area contributed by atoms with Gasteiger partial charge in [0.1, 0.15) is 5.82 Å². The van der Waals surface area contributed by atoms with Crippen LogP contribution in [0.5, 0.6) is 0 Å². The Kier molecular flexibility index (Phi) is 3.70. The Labute approximate surface area is 141 Å². The van der Waals surface area contributed by atoms with Gasteiger partial charge >= 0.3 is 0 Å². The lowest BCUT2D eigenvalue weighted by Crippen LogP contribution is -2.08. The molecular weight excluding hydrogens is 304 g/mol. The van der Waals surface area contributed by atoms with Crippen molar-refractivity contribution in [3.05, 3.63) is 65.1 Å². The van der Waals surface area contributed by atoms with E-state index in [9.17, 15) is 0 Å². The van der Waals surface area contributed by atoms with Crippen molar-refractivity contribution >= 4 is 11.6 Å². The van der Waals surface area contributed by atoms with Crippen molar-refractivity contribution in [2.24, 2.45) is 0 Å². The van der Waals surface area contributed by atoms with Gasteiger partial charge < -0.3 is 4.57 Å². The summed E-state index contributed by atoms with van der Waals surface area (Å²) in [5.74, 6) is 1.23. The first kappa shape index (κ1) is 14.5. The van der Waals surface area contributed by atoms with E-state index in [1.807, 2.05) is 13.0 Å². The summed E-state index contributed by atoms with van der Waals surface area (Å²) >= 11 is 6.11. The number of nitrogens with zero attached hydrogens (tertiary/aromatic N) is 2. The molecule has 0 atom stereocenters. The van der Waals surface area contributed by atoms with Crippen LogP contribution in [0.4, 0.5) is 0 Å². The fraction of sp³-hybridized carbons (Fsp3) is 0.250. The molecular formula is C20H19ClN2. The second-order valence-electron chi connectivity index (χ2n) is 6.23. The summed E-state index contributed by atoms with van der Waals surface area (Å²) in [6, 6.07) is 14.8. The SMILES string of the molecule is Cc1cc(-c2ccc(-c3cn4c(n3)CCCC4)cc2)ccc1Cl. The molecule has 0 fully saturated rings. The summed E-state index contributed by atoms with van der Waals surface area (Å²) in [4.78, 5) is 4.79. The fourth-order valence-electron chi connectivity index (χ4n) is 3.21. The molecule has 1 aromatic heterocycles.